The first-order chi connectivity index (χ1) is 7.19. The average molecular weight is 204 g/mol. The molecular formula is C15H24. The van der Waals surface area contributed by atoms with Gasteiger partial charge in [0.2, 0.25) is 0 Å². The molecule has 0 amide bonds. The number of rotatable bonds is 4. The lowest BCUT2D eigenvalue weighted by Crippen LogP contribution is -2.08. The second-order valence-electron chi connectivity index (χ2n) is 4.64. The van der Waals surface area contributed by atoms with Crippen LogP contribution in [-0.2, 0) is 0 Å². The minimum Gasteiger partial charge on any atom is -0.0958 e. The fourth-order valence-corrected chi connectivity index (χ4v) is 2.28. The summed E-state index contributed by atoms with van der Waals surface area (Å²) >= 11 is 0. The Morgan fingerprint density at radius 2 is 2.13 bits per heavy atom. The van der Waals surface area contributed by atoms with E-state index in [4.69, 9.17) is 0 Å². The minimum atomic E-state index is 0.722. The van der Waals surface area contributed by atoms with Crippen molar-refractivity contribution >= 4 is 0 Å². The molecular weight excluding hydrogens is 180 g/mol. The van der Waals surface area contributed by atoms with E-state index in [0.717, 1.165) is 12.3 Å². The van der Waals surface area contributed by atoms with E-state index in [9.17, 15) is 0 Å². The van der Waals surface area contributed by atoms with E-state index in [1.165, 1.54) is 31.3 Å². The normalized spacial score (nSPS) is 24.5. The Bertz CT molecular complexity index is 278. The van der Waals surface area contributed by atoms with Crippen LogP contribution in [0.3, 0.4) is 0 Å². The Kier molecular flexibility index (Phi) is 4.87. The first-order valence-electron chi connectivity index (χ1n) is 6.24. The van der Waals surface area contributed by atoms with Crippen molar-refractivity contribution in [1.82, 2.24) is 0 Å². The molecule has 84 valence electrons. The van der Waals surface area contributed by atoms with Crippen molar-refractivity contribution < 1.29 is 0 Å². The molecule has 0 bridgehead atoms. The fourth-order valence-electron chi connectivity index (χ4n) is 2.28. The minimum absolute atomic E-state index is 0.722. The Labute approximate surface area is 94.8 Å². The van der Waals surface area contributed by atoms with Crippen LogP contribution < -0.4 is 0 Å². The van der Waals surface area contributed by atoms with Gasteiger partial charge >= 0.3 is 0 Å². The number of hydrogen-bond donors (Lipinski definition) is 0. The SMILES string of the molecule is C=C1C=C/C(=C(\C)CCCC)C(CC)C1. The van der Waals surface area contributed by atoms with E-state index in [-0.39, 0.29) is 0 Å². The average Bonchev–Trinajstić information content (AvgIpc) is 2.25. The van der Waals surface area contributed by atoms with Crippen LogP contribution in [-0.4, -0.2) is 0 Å². The molecule has 0 aromatic heterocycles. The van der Waals surface area contributed by atoms with Crippen molar-refractivity contribution in [2.24, 2.45) is 5.92 Å². The predicted octanol–water partition coefficient (Wildman–Crippen LogP) is 5.04. The summed E-state index contributed by atoms with van der Waals surface area (Å²) in [5.74, 6) is 0.722. The quantitative estimate of drug-likeness (QED) is 0.602. The summed E-state index contributed by atoms with van der Waals surface area (Å²) < 4.78 is 0. The third-order valence-corrected chi connectivity index (χ3v) is 3.34. The molecule has 0 saturated carbocycles. The highest BCUT2D eigenvalue weighted by Crippen LogP contribution is 2.32. The van der Waals surface area contributed by atoms with Crippen molar-refractivity contribution in [3.05, 3.63) is 35.5 Å². The predicted molar refractivity (Wildman–Crippen MR) is 68.9 cm³/mol. The van der Waals surface area contributed by atoms with Crippen LogP contribution in [0.15, 0.2) is 35.5 Å². The zero-order valence-corrected chi connectivity index (χ0v) is 10.5. The number of unbranched alkanes of at least 4 members (excludes halogenated alkanes) is 1. The van der Waals surface area contributed by atoms with Gasteiger partial charge in [-0.25, -0.2) is 0 Å². The number of allylic oxidation sites excluding steroid dienone is 5. The highest BCUT2D eigenvalue weighted by molar-refractivity contribution is 5.37. The molecule has 0 fully saturated rings. The van der Waals surface area contributed by atoms with Crippen molar-refractivity contribution in [1.29, 1.82) is 0 Å². The van der Waals surface area contributed by atoms with Gasteiger partial charge in [0.25, 0.3) is 0 Å². The van der Waals surface area contributed by atoms with Gasteiger partial charge < -0.3 is 0 Å². The number of hydrogen-bond acceptors (Lipinski definition) is 0. The van der Waals surface area contributed by atoms with Gasteiger partial charge in [0.1, 0.15) is 0 Å². The fraction of sp³-hybridized carbons (Fsp3) is 0.600. The topological polar surface area (TPSA) is 0 Å². The first kappa shape index (κ1) is 12.3. The molecule has 0 radical (unpaired) electrons. The lowest BCUT2D eigenvalue weighted by molar-refractivity contribution is 0.584. The second kappa shape index (κ2) is 5.95. The highest BCUT2D eigenvalue weighted by Gasteiger charge is 2.16. The first-order valence-corrected chi connectivity index (χ1v) is 6.24. The van der Waals surface area contributed by atoms with Crippen LogP contribution in [0.4, 0.5) is 0 Å². The van der Waals surface area contributed by atoms with Crippen LogP contribution in [0.5, 0.6) is 0 Å². The van der Waals surface area contributed by atoms with E-state index in [2.05, 4.69) is 39.5 Å². The molecule has 0 aliphatic heterocycles. The summed E-state index contributed by atoms with van der Waals surface area (Å²) in [6.45, 7) is 10.9. The third-order valence-electron chi connectivity index (χ3n) is 3.34. The molecule has 0 nitrogen and oxygen atoms in total. The summed E-state index contributed by atoms with van der Waals surface area (Å²) in [4.78, 5) is 0. The standard InChI is InChI=1S/C15H24/c1-5-7-8-13(4)15-10-9-12(3)11-14(15)6-2/h9-10,14H,3,5-8,11H2,1-2,4H3/b15-13-. The largest absolute Gasteiger partial charge is 0.0958 e. The monoisotopic (exact) mass is 204 g/mol. The Morgan fingerprint density at radius 3 is 2.73 bits per heavy atom. The molecule has 0 spiro atoms. The smallest absolute Gasteiger partial charge is 0.0125 e. The van der Waals surface area contributed by atoms with Gasteiger partial charge in [-0.05, 0) is 44.1 Å². The van der Waals surface area contributed by atoms with Crippen molar-refractivity contribution in [2.45, 2.75) is 52.9 Å². The lowest BCUT2D eigenvalue weighted by Gasteiger charge is -2.23. The summed E-state index contributed by atoms with van der Waals surface area (Å²) in [5.41, 5.74) is 4.46. The molecule has 1 atom stereocenters. The summed E-state index contributed by atoms with van der Waals surface area (Å²) in [6, 6.07) is 0. The van der Waals surface area contributed by atoms with Gasteiger partial charge in [0.05, 0.1) is 0 Å². The molecule has 1 aliphatic carbocycles. The van der Waals surface area contributed by atoms with Crippen molar-refractivity contribution in [3.63, 3.8) is 0 Å². The molecule has 0 N–H and O–H groups in total. The van der Waals surface area contributed by atoms with E-state index < -0.39 is 0 Å². The Morgan fingerprint density at radius 1 is 1.40 bits per heavy atom. The zero-order chi connectivity index (χ0) is 11.3. The summed E-state index contributed by atoms with van der Waals surface area (Å²) in [7, 11) is 0. The van der Waals surface area contributed by atoms with Crippen LogP contribution in [0.25, 0.3) is 0 Å². The molecule has 0 aromatic rings. The van der Waals surface area contributed by atoms with Gasteiger partial charge in [0, 0.05) is 0 Å². The summed E-state index contributed by atoms with van der Waals surface area (Å²) in [5, 5.41) is 0. The van der Waals surface area contributed by atoms with Crippen LogP contribution in [0.1, 0.15) is 52.9 Å². The lowest BCUT2D eigenvalue weighted by atomic mass is 9.82. The zero-order valence-electron chi connectivity index (χ0n) is 10.5. The van der Waals surface area contributed by atoms with Gasteiger partial charge in [-0.1, -0.05) is 50.1 Å². The molecule has 1 unspecified atom stereocenters. The van der Waals surface area contributed by atoms with Gasteiger partial charge in [-0.3, -0.25) is 0 Å². The van der Waals surface area contributed by atoms with E-state index in [0.29, 0.717) is 0 Å². The Hall–Kier alpha value is -0.780. The van der Waals surface area contributed by atoms with Crippen molar-refractivity contribution in [2.75, 3.05) is 0 Å². The summed E-state index contributed by atoms with van der Waals surface area (Å²) in [6.07, 6.45) is 10.8. The van der Waals surface area contributed by atoms with Gasteiger partial charge in [0.15, 0.2) is 0 Å². The second-order valence-corrected chi connectivity index (χ2v) is 4.64. The molecule has 0 heteroatoms. The van der Waals surface area contributed by atoms with E-state index >= 15 is 0 Å². The third kappa shape index (κ3) is 3.37. The van der Waals surface area contributed by atoms with Crippen LogP contribution >= 0.6 is 0 Å². The molecule has 1 rings (SSSR count). The van der Waals surface area contributed by atoms with Crippen LogP contribution in [0.2, 0.25) is 0 Å². The van der Waals surface area contributed by atoms with E-state index in [1.54, 1.807) is 11.1 Å². The van der Waals surface area contributed by atoms with E-state index in [1.807, 2.05) is 0 Å². The maximum atomic E-state index is 4.06. The Balaban J connectivity index is 2.80. The van der Waals surface area contributed by atoms with Gasteiger partial charge in [-0.2, -0.15) is 0 Å². The van der Waals surface area contributed by atoms with Crippen molar-refractivity contribution in [3.8, 4) is 0 Å². The maximum absolute atomic E-state index is 4.06. The molecule has 0 heterocycles. The molecule has 1 aliphatic rings. The van der Waals surface area contributed by atoms with Gasteiger partial charge in [-0.15, -0.1) is 0 Å². The molecule has 0 saturated heterocycles. The molecule has 15 heavy (non-hydrogen) atoms. The maximum Gasteiger partial charge on any atom is -0.0125 e. The van der Waals surface area contributed by atoms with Crippen LogP contribution in [0, 0.1) is 5.92 Å². The highest BCUT2D eigenvalue weighted by atomic mass is 14.2. The molecule has 0 aromatic carbocycles.